The van der Waals surface area contributed by atoms with Crippen LogP contribution in [0.3, 0.4) is 0 Å². The summed E-state index contributed by atoms with van der Waals surface area (Å²) in [5.41, 5.74) is 3.29. The third-order valence-electron chi connectivity index (χ3n) is 5.19. The second-order valence-corrected chi connectivity index (χ2v) is 8.15. The topological polar surface area (TPSA) is 51.9 Å². The molecule has 2 aliphatic heterocycles. The zero-order valence-electron chi connectivity index (χ0n) is 16.1. The molecule has 0 atom stereocenters. The number of aryl methyl sites for hydroxylation is 1. The summed E-state index contributed by atoms with van der Waals surface area (Å²) < 4.78 is 17.3. The van der Waals surface area contributed by atoms with Gasteiger partial charge < -0.3 is 13.9 Å². The fraction of sp³-hybridized carbons (Fsp3) is 0.174. The summed E-state index contributed by atoms with van der Waals surface area (Å²) in [6, 6.07) is 11.0. The molecule has 0 bridgehead atoms. The summed E-state index contributed by atoms with van der Waals surface area (Å²) in [5.74, 6) is 1.96. The highest BCUT2D eigenvalue weighted by molar-refractivity contribution is 6.42. The van der Waals surface area contributed by atoms with Gasteiger partial charge in [0.15, 0.2) is 5.76 Å². The Morgan fingerprint density at radius 1 is 1.17 bits per heavy atom. The average molecular weight is 442 g/mol. The molecule has 0 saturated carbocycles. The quantitative estimate of drug-likeness (QED) is 0.476. The second-order valence-electron chi connectivity index (χ2n) is 7.34. The molecule has 0 radical (unpaired) electrons. The lowest BCUT2D eigenvalue weighted by atomic mass is 9.98. The Bertz CT molecular complexity index is 1180. The van der Waals surface area contributed by atoms with E-state index in [2.05, 4.69) is 4.90 Å². The van der Waals surface area contributed by atoms with Gasteiger partial charge in [-0.1, -0.05) is 29.3 Å². The number of ketones is 1. The molecule has 0 unspecified atom stereocenters. The molecule has 7 heteroatoms. The van der Waals surface area contributed by atoms with Gasteiger partial charge in [-0.25, -0.2) is 0 Å². The van der Waals surface area contributed by atoms with Crippen LogP contribution in [0.1, 0.15) is 32.8 Å². The maximum absolute atomic E-state index is 13.0. The largest absolute Gasteiger partial charge is 0.478 e. The maximum atomic E-state index is 13.0. The zero-order valence-corrected chi connectivity index (χ0v) is 17.6. The van der Waals surface area contributed by atoms with Crippen molar-refractivity contribution in [1.29, 1.82) is 0 Å². The van der Waals surface area contributed by atoms with Crippen molar-refractivity contribution in [2.75, 3.05) is 6.73 Å². The number of carbonyl (C=O) groups is 1. The number of halogens is 2. The van der Waals surface area contributed by atoms with Gasteiger partial charge >= 0.3 is 0 Å². The number of carbonyl (C=O) groups excluding carboxylic acids is 1. The number of nitrogens with zero attached hydrogens (tertiary/aromatic N) is 1. The highest BCUT2D eigenvalue weighted by atomic mass is 35.5. The number of hydrogen-bond acceptors (Lipinski definition) is 5. The maximum Gasteiger partial charge on any atom is 0.232 e. The van der Waals surface area contributed by atoms with Crippen molar-refractivity contribution < 1.29 is 18.7 Å². The molecule has 0 saturated heterocycles. The Labute approximate surface area is 183 Å². The predicted octanol–water partition coefficient (Wildman–Crippen LogP) is 5.86. The molecule has 0 amide bonds. The zero-order chi connectivity index (χ0) is 20.8. The summed E-state index contributed by atoms with van der Waals surface area (Å²) in [6.07, 6.45) is 3.17. The van der Waals surface area contributed by atoms with Crippen LogP contribution in [0.25, 0.3) is 6.08 Å². The summed E-state index contributed by atoms with van der Waals surface area (Å²) in [7, 11) is 0. The van der Waals surface area contributed by atoms with E-state index < -0.39 is 0 Å². The number of allylic oxidation sites excluding steroid dienone is 1. The number of ether oxygens (including phenoxy) is 2. The van der Waals surface area contributed by atoms with Crippen molar-refractivity contribution >= 4 is 35.1 Å². The minimum absolute atomic E-state index is 0.150. The van der Waals surface area contributed by atoms with Crippen molar-refractivity contribution in [1.82, 2.24) is 4.90 Å². The molecule has 1 aromatic heterocycles. The molecular formula is C23H17Cl2NO4. The molecule has 5 nitrogen and oxygen atoms in total. The van der Waals surface area contributed by atoms with Gasteiger partial charge in [0, 0.05) is 19.2 Å². The van der Waals surface area contributed by atoms with Crippen LogP contribution in [0.5, 0.6) is 11.5 Å². The van der Waals surface area contributed by atoms with Crippen molar-refractivity contribution in [3.05, 3.63) is 86.5 Å². The first-order chi connectivity index (χ1) is 14.5. The van der Waals surface area contributed by atoms with Gasteiger partial charge in [0.25, 0.3) is 0 Å². The molecule has 2 aromatic carbocycles. The first-order valence-electron chi connectivity index (χ1n) is 9.43. The van der Waals surface area contributed by atoms with Crippen LogP contribution >= 0.6 is 23.2 Å². The van der Waals surface area contributed by atoms with E-state index in [4.69, 9.17) is 37.1 Å². The van der Waals surface area contributed by atoms with E-state index in [0.29, 0.717) is 46.9 Å². The second kappa shape index (κ2) is 7.51. The summed E-state index contributed by atoms with van der Waals surface area (Å²) in [4.78, 5) is 15.1. The average Bonchev–Trinajstić information content (AvgIpc) is 3.34. The third kappa shape index (κ3) is 3.39. The van der Waals surface area contributed by atoms with Crippen LogP contribution in [-0.4, -0.2) is 17.4 Å². The van der Waals surface area contributed by atoms with E-state index in [0.717, 1.165) is 22.4 Å². The Hall–Kier alpha value is -2.73. The molecule has 0 N–H and O–H groups in total. The molecule has 0 aliphatic carbocycles. The van der Waals surface area contributed by atoms with Gasteiger partial charge in [-0.3, -0.25) is 9.69 Å². The minimum Gasteiger partial charge on any atom is -0.478 e. The van der Waals surface area contributed by atoms with Gasteiger partial charge in [-0.15, -0.1) is 0 Å². The summed E-state index contributed by atoms with van der Waals surface area (Å²) in [6.45, 7) is 3.53. The monoisotopic (exact) mass is 441 g/mol. The fourth-order valence-corrected chi connectivity index (χ4v) is 4.10. The van der Waals surface area contributed by atoms with E-state index in [1.54, 1.807) is 30.5 Å². The van der Waals surface area contributed by atoms with E-state index >= 15 is 0 Å². The van der Waals surface area contributed by atoms with E-state index in [1.807, 2.05) is 25.1 Å². The van der Waals surface area contributed by atoms with Crippen LogP contribution in [0.15, 0.2) is 52.8 Å². The van der Waals surface area contributed by atoms with Crippen LogP contribution in [0, 0.1) is 6.92 Å². The first kappa shape index (κ1) is 19.2. The highest BCUT2D eigenvalue weighted by Gasteiger charge is 2.35. The van der Waals surface area contributed by atoms with Gasteiger partial charge in [0.2, 0.25) is 5.78 Å². The first-order valence-corrected chi connectivity index (χ1v) is 10.2. The van der Waals surface area contributed by atoms with Crippen molar-refractivity contribution in [3.63, 3.8) is 0 Å². The van der Waals surface area contributed by atoms with Crippen molar-refractivity contribution in [3.8, 4) is 11.5 Å². The summed E-state index contributed by atoms with van der Waals surface area (Å²) in [5, 5.41) is 1.04. The molecule has 152 valence electrons. The Morgan fingerprint density at radius 2 is 2.03 bits per heavy atom. The summed E-state index contributed by atoms with van der Waals surface area (Å²) >= 11 is 12.2. The lowest BCUT2D eigenvalue weighted by molar-refractivity contribution is 0.0872. The number of hydrogen-bond donors (Lipinski definition) is 0. The van der Waals surface area contributed by atoms with Crippen LogP contribution in [-0.2, 0) is 13.1 Å². The van der Waals surface area contributed by atoms with Gasteiger partial charge in [0.05, 0.1) is 27.4 Å². The van der Waals surface area contributed by atoms with E-state index in [-0.39, 0.29) is 11.5 Å². The van der Waals surface area contributed by atoms with Crippen molar-refractivity contribution in [2.45, 2.75) is 20.0 Å². The molecule has 30 heavy (non-hydrogen) atoms. The smallest absolute Gasteiger partial charge is 0.232 e. The normalized spacial score (nSPS) is 16.9. The molecule has 2 aliphatic rings. The third-order valence-corrected chi connectivity index (χ3v) is 5.93. The molecule has 3 heterocycles. The lowest BCUT2D eigenvalue weighted by Crippen LogP contribution is -2.31. The number of fused-ring (bicyclic) bond motifs is 3. The number of furan rings is 1. The molecule has 0 fully saturated rings. The van der Waals surface area contributed by atoms with Crippen LogP contribution in [0.4, 0.5) is 0 Å². The van der Waals surface area contributed by atoms with Gasteiger partial charge in [-0.2, -0.15) is 0 Å². The Balaban J connectivity index is 1.46. The molecule has 0 spiro atoms. The number of Topliss-reactive ketones (excluding diaryl/α,β-unsaturated/α-hetero) is 1. The molecule has 5 rings (SSSR count). The Kier molecular flexibility index (Phi) is 4.82. The van der Waals surface area contributed by atoms with Crippen LogP contribution < -0.4 is 9.47 Å². The van der Waals surface area contributed by atoms with E-state index in [1.165, 1.54) is 0 Å². The molecule has 3 aromatic rings. The molecular weight excluding hydrogens is 425 g/mol. The highest BCUT2D eigenvalue weighted by Crippen LogP contribution is 2.44. The number of benzene rings is 2. The standard InChI is InChI=1S/C23H17Cl2NO4/c1-13-7-19-16(11-26(12-29-19)10-14-4-5-17(24)18(25)8-14)23-21(13)22(27)20(30-23)9-15-3-2-6-28-15/h2-9H,10-12H2,1H3/b20-9-. The van der Waals surface area contributed by atoms with Crippen molar-refractivity contribution in [2.24, 2.45) is 0 Å². The SMILES string of the molecule is Cc1cc2c(c3c1C(=O)/C(=C/c1ccco1)O3)CN(Cc1ccc(Cl)c(Cl)c1)CO2. The minimum atomic E-state index is -0.150. The number of rotatable bonds is 3. The van der Waals surface area contributed by atoms with E-state index in [9.17, 15) is 4.79 Å². The van der Waals surface area contributed by atoms with Gasteiger partial charge in [0.1, 0.15) is 24.0 Å². The predicted molar refractivity (Wildman–Crippen MR) is 114 cm³/mol. The Morgan fingerprint density at radius 3 is 2.80 bits per heavy atom. The van der Waals surface area contributed by atoms with Crippen LogP contribution in [0.2, 0.25) is 10.0 Å². The fourth-order valence-electron chi connectivity index (χ4n) is 3.78. The van der Waals surface area contributed by atoms with Gasteiger partial charge in [-0.05, 0) is 48.4 Å². The lowest BCUT2D eigenvalue weighted by Gasteiger charge is -2.30.